The fourth-order valence-electron chi connectivity index (χ4n) is 3.52. The Kier molecular flexibility index (Phi) is 2.87. The minimum absolute atomic E-state index is 0.114. The number of rotatable bonds is 4. The van der Waals surface area contributed by atoms with Gasteiger partial charge in [0, 0.05) is 6.42 Å². The van der Waals surface area contributed by atoms with Crippen molar-refractivity contribution in [3.8, 4) is 0 Å². The Morgan fingerprint density at radius 2 is 2.24 bits per heavy atom. The van der Waals surface area contributed by atoms with E-state index in [1.54, 1.807) is 0 Å². The molecule has 4 heteroatoms. The van der Waals surface area contributed by atoms with E-state index < -0.39 is 0 Å². The summed E-state index contributed by atoms with van der Waals surface area (Å²) >= 11 is 0. The lowest BCUT2D eigenvalue weighted by molar-refractivity contribution is -0.125. The van der Waals surface area contributed by atoms with E-state index in [2.05, 4.69) is 5.32 Å². The van der Waals surface area contributed by atoms with Crippen LogP contribution >= 0.6 is 0 Å². The summed E-state index contributed by atoms with van der Waals surface area (Å²) in [6.45, 7) is 0.646. The topological polar surface area (TPSA) is 64.4 Å². The van der Waals surface area contributed by atoms with E-state index in [4.69, 9.17) is 10.5 Å². The second kappa shape index (κ2) is 4.25. The predicted molar refractivity (Wildman–Crippen MR) is 64.4 cm³/mol. The van der Waals surface area contributed by atoms with Gasteiger partial charge in [-0.2, -0.15) is 0 Å². The minimum atomic E-state index is 0.114. The Bertz CT molecular complexity index is 309. The first-order valence-corrected chi connectivity index (χ1v) is 6.86. The first kappa shape index (κ1) is 11.5. The monoisotopic (exact) mass is 238 g/mol. The molecule has 0 spiro atoms. The van der Waals surface area contributed by atoms with E-state index in [9.17, 15) is 4.79 Å². The number of amides is 1. The van der Waals surface area contributed by atoms with Gasteiger partial charge in [-0.1, -0.05) is 6.42 Å². The molecule has 3 atom stereocenters. The molecule has 17 heavy (non-hydrogen) atoms. The molecule has 96 valence electrons. The van der Waals surface area contributed by atoms with E-state index in [-0.39, 0.29) is 23.5 Å². The summed E-state index contributed by atoms with van der Waals surface area (Å²) in [6, 6.07) is 0.260. The van der Waals surface area contributed by atoms with E-state index in [1.807, 2.05) is 0 Å². The molecule has 1 saturated carbocycles. The molecule has 0 aromatic rings. The summed E-state index contributed by atoms with van der Waals surface area (Å²) in [5.41, 5.74) is 5.89. The molecule has 1 aliphatic carbocycles. The standard InChI is InChI=1S/C13H22N2O2/c14-8-13(4-1-5-13)7-12(16)15-10-6-9-2-3-11(10)17-9/h9-11H,1-8,14H2,(H,15,16). The van der Waals surface area contributed by atoms with Crippen LogP contribution in [0.5, 0.6) is 0 Å². The average molecular weight is 238 g/mol. The largest absolute Gasteiger partial charge is 0.373 e. The summed E-state index contributed by atoms with van der Waals surface area (Å²) < 4.78 is 5.74. The Hall–Kier alpha value is -0.610. The number of ether oxygens (including phenoxy) is 1. The number of nitrogens with one attached hydrogen (secondary N) is 1. The number of nitrogens with two attached hydrogens (primary N) is 1. The van der Waals surface area contributed by atoms with Gasteiger partial charge >= 0.3 is 0 Å². The van der Waals surface area contributed by atoms with Gasteiger partial charge in [0.25, 0.3) is 0 Å². The molecule has 1 amide bonds. The van der Waals surface area contributed by atoms with Crippen LogP contribution in [0.25, 0.3) is 0 Å². The third kappa shape index (κ3) is 2.08. The van der Waals surface area contributed by atoms with Gasteiger partial charge in [-0.25, -0.2) is 0 Å². The smallest absolute Gasteiger partial charge is 0.220 e. The van der Waals surface area contributed by atoms with E-state index in [0.717, 1.165) is 25.7 Å². The zero-order valence-corrected chi connectivity index (χ0v) is 10.3. The Morgan fingerprint density at radius 3 is 2.71 bits per heavy atom. The average Bonchev–Trinajstić information content (AvgIpc) is 2.85. The quantitative estimate of drug-likeness (QED) is 0.766. The zero-order valence-electron chi connectivity index (χ0n) is 10.3. The third-order valence-electron chi connectivity index (χ3n) is 4.84. The van der Waals surface area contributed by atoms with Crippen molar-refractivity contribution in [1.82, 2.24) is 5.32 Å². The van der Waals surface area contributed by atoms with Crippen LogP contribution in [0, 0.1) is 5.41 Å². The lowest BCUT2D eigenvalue weighted by Gasteiger charge is -2.40. The second-order valence-corrected chi connectivity index (χ2v) is 6.02. The Morgan fingerprint density at radius 1 is 1.41 bits per heavy atom. The van der Waals surface area contributed by atoms with Gasteiger partial charge in [-0.3, -0.25) is 4.79 Å². The molecule has 3 unspecified atom stereocenters. The molecule has 3 N–H and O–H groups in total. The molecule has 0 aromatic heterocycles. The SMILES string of the molecule is NCC1(CC(=O)NC2CC3CCC2O3)CCC1. The van der Waals surface area contributed by atoms with Gasteiger partial charge in [0.2, 0.25) is 5.91 Å². The molecule has 2 bridgehead atoms. The highest BCUT2D eigenvalue weighted by Gasteiger charge is 2.43. The molecule has 4 nitrogen and oxygen atoms in total. The van der Waals surface area contributed by atoms with Crippen molar-refractivity contribution >= 4 is 5.91 Å². The Labute approximate surface area is 102 Å². The van der Waals surface area contributed by atoms with Crippen LogP contribution in [0.15, 0.2) is 0 Å². The van der Waals surface area contributed by atoms with E-state index >= 15 is 0 Å². The van der Waals surface area contributed by atoms with Crippen LogP contribution in [-0.4, -0.2) is 30.7 Å². The van der Waals surface area contributed by atoms with Crippen molar-refractivity contribution in [3.63, 3.8) is 0 Å². The van der Waals surface area contributed by atoms with E-state index in [0.29, 0.717) is 19.1 Å². The normalized spacial score (nSPS) is 37.8. The summed E-state index contributed by atoms with van der Waals surface area (Å²) in [4.78, 5) is 12.0. The molecular weight excluding hydrogens is 216 g/mol. The molecular formula is C13H22N2O2. The molecule has 3 aliphatic rings. The van der Waals surface area contributed by atoms with Gasteiger partial charge in [-0.15, -0.1) is 0 Å². The molecule has 3 fully saturated rings. The summed E-state index contributed by atoms with van der Waals surface area (Å²) in [5.74, 6) is 0.177. The predicted octanol–water partition coefficient (Wildman–Crippen LogP) is 0.942. The van der Waals surface area contributed by atoms with Crippen LogP contribution in [0.3, 0.4) is 0 Å². The van der Waals surface area contributed by atoms with Crippen molar-refractivity contribution in [2.45, 2.75) is 63.2 Å². The summed E-state index contributed by atoms with van der Waals surface area (Å²) in [6.07, 6.45) is 8.03. The number of hydrogen-bond acceptors (Lipinski definition) is 3. The van der Waals surface area contributed by atoms with E-state index in [1.165, 1.54) is 12.8 Å². The number of carbonyl (C=O) groups is 1. The lowest BCUT2D eigenvalue weighted by Crippen LogP contribution is -2.46. The van der Waals surface area contributed by atoms with Crippen LogP contribution in [0.1, 0.15) is 44.9 Å². The highest BCUT2D eigenvalue weighted by molar-refractivity contribution is 5.77. The first-order valence-electron chi connectivity index (χ1n) is 6.86. The van der Waals surface area contributed by atoms with Crippen LogP contribution in [-0.2, 0) is 9.53 Å². The molecule has 2 aliphatic heterocycles. The third-order valence-corrected chi connectivity index (χ3v) is 4.84. The highest BCUT2D eigenvalue weighted by Crippen LogP contribution is 2.43. The van der Waals surface area contributed by atoms with Crippen molar-refractivity contribution in [3.05, 3.63) is 0 Å². The van der Waals surface area contributed by atoms with Crippen LogP contribution < -0.4 is 11.1 Å². The Balaban J connectivity index is 1.50. The summed E-state index contributed by atoms with van der Waals surface area (Å²) in [5, 5.41) is 3.15. The highest BCUT2D eigenvalue weighted by atomic mass is 16.5. The fourth-order valence-corrected chi connectivity index (χ4v) is 3.52. The van der Waals surface area contributed by atoms with Crippen molar-refractivity contribution < 1.29 is 9.53 Å². The van der Waals surface area contributed by atoms with Crippen molar-refractivity contribution in [2.75, 3.05) is 6.54 Å². The van der Waals surface area contributed by atoms with Crippen molar-refractivity contribution in [1.29, 1.82) is 0 Å². The number of fused-ring (bicyclic) bond motifs is 2. The number of carbonyl (C=O) groups excluding carboxylic acids is 1. The van der Waals surface area contributed by atoms with Gasteiger partial charge in [0.05, 0.1) is 18.2 Å². The first-order chi connectivity index (χ1) is 8.21. The minimum Gasteiger partial charge on any atom is -0.373 e. The molecule has 0 radical (unpaired) electrons. The second-order valence-electron chi connectivity index (χ2n) is 6.02. The van der Waals surface area contributed by atoms with Crippen molar-refractivity contribution in [2.24, 2.45) is 11.1 Å². The van der Waals surface area contributed by atoms with Crippen LogP contribution in [0.4, 0.5) is 0 Å². The maximum Gasteiger partial charge on any atom is 0.220 e. The van der Waals surface area contributed by atoms with Gasteiger partial charge in [0.1, 0.15) is 0 Å². The molecule has 3 rings (SSSR count). The van der Waals surface area contributed by atoms with Gasteiger partial charge in [-0.05, 0) is 44.1 Å². The zero-order chi connectivity index (χ0) is 11.9. The maximum atomic E-state index is 12.0. The van der Waals surface area contributed by atoms with Gasteiger partial charge < -0.3 is 15.8 Å². The maximum absolute atomic E-state index is 12.0. The van der Waals surface area contributed by atoms with Gasteiger partial charge in [0.15, 0.2) is 0 Å². The molecule has 2 heterocycles. The van der Waals surface area contributed by atoms with Crippen LogP contribution in [0.2, 0.25) is 0 Å². The number of hydrogen-bond donors (Lipinski definition) is 2. The molecule has 0 aromatic carbocycles. The molecule has 2 saturated heterocycles. The fraction of sp³-hybridized carbons (Fsp3) is 0.923. The summed E-state index contributed by atoms with van der Waals surface area (Å²) in [7, 11) is 0. The lowest BCUT2D eigenvalue weighted by atomic mass is 9.66.